The number of aliphatic hydroxyl groups excluding tert-OH is 1. The lowest BCUT2D eigenvalue weighted by atomic mass is 9.96. The van der Waals surface area contributed by atoms with Gasteiger partial charge in [0.2, 0.25) is 0 Å². The Hall–Kier alpha value is -0.260. The van der Waals surface area contributed by atoms with Crippen LogP contribution in [0, 0.1) is 0 Å². The summed E-state index contributed by atoms with van der Waals surface area (Å²) in [5, 5.41) is 12.4. The van der Waals surface area contributed by atoms with Gasteiger partial charge in [0.05, 0.1) is 6.61 Å². The molecule has 2 N–H and O–H groups in total. The van der Waals surface area contributed by atoms with Crippen LogP contribution >= 0.6 is 0 Å². The standard InChI is InChI=1S/C11H23F2NO2/c1-3-14-11(2,9-15)6-4-5-7-16-8-10(12)13/h10,14-15H,3-9H2,1-2H3. The fraction of sp³-hybridized carbons (Fsp3) is 1.00. The predicted molar refractivity (Wildman–Crippen MR) is 59.8 cm³/mol. The van der Waals surface area contributed by atoms with Gasteiger partial charge in [0.15, 0.2) is 0 Å². The van der Waals surface area contributed by atoms with E-state index in [1.165, 1.54) is 0 Å². The first kappa shape index (κ1) is 15.7. The number of halogens is 2. The van der Waals surface area contributed by atoms with Crippen molar-refractivity contribution in [2.45, 2.75) is 45.1 Å². The van der Waals surface area contributed by atoms with Crippen LogP contribution in [0.3, 0.4) is 0 Å². The number of rotatable bonds is 10. The van der Waals surface area contributed by atoms with Crippen LogP contribution in [-0.2, 0) is 4.74 Å². The summed E-state index contributed by atoms with van der Waals surface area (Å²) in [6.45, 7) is 4.70. The number of alkyl halides is 2. The van der Waals surface area contributed by atoms with Crippen molar-refractivity contribution in [2.24, 2.45) is 0 Å². The molecule has 0 aromatic rings. The number of unbranched alkanes of at least 4 members (excludes halogenated alkanes) is 1. The molecule has 0 aromatic heterocycles. The van der Waals surface area contributed by atoms with Gasteiger partial charge in [0.25, 0.3) is 6.43 Å². The molecule has 98 valence electrons. The lowest BCUT2D eigenvalue weighted by molar-refractivity contribution is 0.0155. The molecular weight excluding hydrogens is 216 g/mol. The fourth-order valence-corrected chi connectivity index (χ4v) is 1.54. The molecule has 0 saturated heterocycles. The first-order valence-electron chi connectivity index (χ1n) is 5.76. The molecule has 0 aliphatic heterocycles. The molecule has 1 unspecified atom stereocenters. The molecule has 0 spiro atoms. The zero-order chi connectivity index (χ0) is 12.4. The van der Waals surface area contributed by atoms with E-state index in [9.17, 15) is 13.9 Å². The zero-order valence-corrected chi connectivity index (χ0v) is 10.1. The molecule has 1 atom stereocenters. The van der Waals surface area contributed by atoms with Gasteiger partial charge in [0.1, 0.15) is 6.61 Å². The number of aliphatic hydroxyl groups is 1. The summed E-state index contributed by atoms with van der Waals surface area (Å²) in [4.78, 5) is 0. The quantitative estimate of drug-likeness (QED) is 0.571. The van der Waals surface area contributed by atoms with Crippen LogP contribution in [0.5, 0.6) is 0 Å². The highest BCUT2D eigenvalue weighted by atomic mass is 19.3. The predicted octanol–water partition coefficient (Wildman–Crippen LogP) is 1.80. The minimum Gasteiger partial charge on any atom is -0.394 e. The van der Waals surface area contributed by atoms with Crippen molar-refractivity contribution in [2.75, 3.05) is 26.4 Å². The minimum absolute atomic E-state index is 0.0821. The highest BCUT2D eigenvalue weighted by Gasteiger charge is 2.20. The van der Waals surface area contributed by atoms with Crippen LogP contribution in [-0.4, -0.2) is 43.4 Å². The molecule has 0 radical (unpaired) electrons. The van der Waals surface area contributed by atoms with Crippen molar-refractivity contribution < 1.29 is 18.6 Å². The molecule has 0 saturated carbocycles. The van der Waals surface area contributed by atoms with E-state index >= 15 is 0 Å². The number of hydrogen-bond acceptors (Lipinski definition) is 3. The summed E-state index contributed by atoms with van der Waals surface area (Å²) in [6, 6.07) is 0. The van der Waals surface area contributed by atoms with Crippen LogP contribution in [0.2, 0.25) is 0 Å². The molecule has 0 aliphatic carbocycles. The van der Waals surface area contributed by atoms with Crippen LogP contribution < -0.4 is 5.32 Å². The first-order valence-corrected chi connectivity index (χ1v) is 5.76. The maximum Gasteiger partial charge on any atom is 0.261 e. The third-order valence-electron chi connectivity index (χ3n) is 2.46. The van der Waals surface area contributed by atoms with E-state index in [-0.39, 0.29) is 12.1 Å². The second-order valence-corrected chi connectivity index (χ2v) is 4.17. The van der Waals surface area contributed by atoms with E-state index in [1.54, 1.807) is 0 Å². The second kappa shape index (κ2) is 8.84. The maximum absolute atomic E-state index is 11.7. The fourth-order valence-electron chi connectivity index (χ4n) is 1.54. The van der Waals surface area contributed by atoms with Crippen molar-refractivity contribution in [1.29, 1.82) is 0 Å². The van der Waals surface area contributed by atoms with Crippen LogP contribution in [0.25, 0.3) is 0 Å². The topological polar surface area (TPSA) is 41.5 Å². The summed E-state index contributed by atoms with van der Waals surface area (Å²) < 4.78 is 28.2. The van der Waals surface area contributed by atoms with Gasteiger partial charge in [-0.2, -0.15) is 0 Å². The Kier molecular flexibility index (Phi) is 8.70. The molecular formula is C11H23F2NO2. The average molecular weight is 239 g/mol. The Morgan fingerprint density at radius 2 is 2.06 bits per heavy atom. The van der Waals surface area contributed by atoms with E-state index in [0.29, 0.717) is 6.61 Å². The van der Waals surface area contributed by atoms with Crippen molar-refractivity contribution in [1.82, 2.24) is 5.32 Å². The number of hydrogen-bond donors (Lipinski definition) is 2. The number of ether oxygens (including phenoxy) is 1. The Bertz CT molecular complexity index is 170. The van der Waals surface area contributed by atoms with Gasteiger partial charge < -0.3 is 15.2 Å². The Labute approximate surface area is 96.2 Å². The summed E-state index contributed by atoms with van der Waals surface area (Å²) in [5.41, 5.74) is -0.266. The monoisotopic (exact) mass is 239 g/mol. The van der Waals surface area contributed by atoms with Crippen LogP contribution in [0.4, 0.5) is 8.78 Å². The lowest BCUT2D eigenvalue weighted by Gasteiger charge is -2.28. The first-order chi connectivity index (χ1) is 7.54. The normalized spacial score (nSPS) is 15.4. The zero-order valence-electron chi connectivity index (χ0n) is 10.1. The van der Waals surface area contributed by atoms with Gasteiger partial charge >= 0.3 is 0 Å². The molecule has 0 rings (SSSR count). The number of likely N-dealkylation sites (N-methyl/N-ethyl adjacent to an activating group) is 1. The molecule has 0 aromatic carbocycles. The van der Waals surface area contributed by atoms with Gasteiger partial charge in [-0.1, -0.05) is 6.92 Å². The van der Waals surface area contributed by atoms with E-state index in [2.05, 4.69) is 5.32 Å². The lowest BCUT2D eigenvalue weighted by Crippen LogP contribution is -2.45. The smallest absolute Gasteiger partial charge is 0.261 e. The molecule has 0 aliphatic rings. The van der Waals surface area contributed by atoms with E-state index < -0.39 is 13.0 Å². The van der Waals surface area contributed by atoms with Crippen LogP contribution in [0.1, 0.15) is 33.1 Å². The highest BCUT2D eigenvalue weighted by molar-refractivity contribution is 4.81. The summed E-state index contributed by atoms with van der Waals surface area (Å²) in [5.74, 6) is 0. The highest BCUT2D eigenvalue weighted by Crippen LogP contribution is 2.13. The van der Waals surface area contributed by atoms with Gasteiger partial charge in [-0.05, 0) is 32.7 Å². The van der Waals surface area contributed by atoms with Crippen molar-refractivity contribution in [3.63, 3.8) is 0 Å². The van der Waals surface area contributed by atoms with Gasteiger partial charge in [-0.15, -0.1) is 0 Å². The summed E-state index contributed by atoms with van der Waals surface area (Å²) in [7, 11) is 0. The Morgan fingerprint density at radius 3 is 2.56 bits per heavy atom. The van der Waals surface area contributed by atoms with E-state index in [0.717, 1.165) is 25.8 Å². The number of nitrogens with one attached hydrogen (secondary N) is 1. The maximum atomic E-state index is 11.7. The average Bonchev–Trinajstić information content (AvgIpc) is 2.23. The molecule has 0 heterocycles. The summed E-state index contributed by atoms with van der Waals surface area (Å²) >= 11 is 0. The van der Waals surface area contributed by atoms with Crippen molar-refractivity contribution in [3.8, 4) is 0 Å². The third-order valence-corrected chi connectivity index (χ3v) is 2.46. The molecule has 5 heteroatoms. The van der Waals surface area contributed by atoms with Gasteiger partial charge in [0, 0.05) is 12.1 Å². The summed E-state index contributed by atoms with van der Waals surface area (Å²) in [6.07, 6.45) is 0.0283. The van der Waals surface area contributed by atoms with E-state index in [4.69, 9.17) is 4.74 Å². The third kappa shape index (κ3) is 7.96. The minimum atomic E-state index is -2.38. The molecule has 0 bridgehead atoms. The van der Waals surface area contributed by atoms with Gasteiger partial charge in [-0.25, -0.2) is 8.78 Å². The molecule has 16 heavy (non-hydrogen) atoms. The van der Waals surface area contributed by atoms with Gasteiger partial charge in [-0.3, -0.25) is 0 Å². The second-order valence-electron chi connectivity index (χ2n) is 4.17. The Morgan fingerprint density at radius 1 is 1.38 bits per heavy atom. The largest absolute Gasteiger partial charge is 0.394 e. The van der Waals surface area contributed by atoms with Crippen LogP contribution in [0.15, 0.2) is 0 Å². The Balaban J connectivity index is 3.48. The van der Waals surface area contributed by atoms with Crippen molar-refractivity contribution >= 4 is 0 Å². The SMILES string of the molecule is CCNC(C)(CO)CCCCOCC(F)F. The van der Waals surface area contributed by atoms with Crippen molar-refractivity contribution in [3.05, 3.63) is 0 Å². The molecule has 0 amide bonds. The molecule has 3 nitrogen and oxygen atoms in total. The van der Waals surface area contributed by atoms with E-state index in [1.807, 2.05) is 13.8 Å². The molecule has 0 fully saturated rings.